The monoisotopic (exact) mass is 398 g/mol. The van der Waals surface area contributed by atoms with Gasteiger partial charge in [0.15, 0.2) is 0 Å². The third kappa shape index (κ3) is 5.67. The molecule has 156 valence electrons. The second kappa shape index (κ2) is 8.78. The van der Waals surface area contributed by atoms with E-state index < -0.39 is 6.10 Å². The van der Waals surface area contributed by atoms with Crippen molar-refractivity contribution in [2.45, 2.75) is 71.1 Å². The number of para-hydroxylation sites is 1. The Labute approximate surface area is 170 Å². The van der Waals surface area contributed by atoms with Gasteiger partial charge in [0.25, 0.3) is 0 Å². The number of pyridine rings is 1. The molecule has 1 saturated carbocycles. The smallest absolute Gasteiger partial charge is 0.407 e. The number of aromatic nitrogens is 3. The van der Waals surface area contributed by atoms with Gasteiger partial charge in [0.05, 0.1) is 22.7 Å². The molecule has 1 atom stereocenters. The summed E-state index contributed by atoms with van der Waals surface area (Å²) in [6, 6.07) is 8.18. The molecule has 2 aromatic heterocycles. The number of aliphatic hydroxyl groups is 1. The normalized spacial score (nSPS) is 15.8. The first kappa shape index (κ1) is 21.0. The molecule has 0 saturated heterocycles. The highest BCUT2D eigenvalue weighted by atomic mass is 16.6. The van der Waals surface area contributed by atoms with Gasteiger partial charge in [-0.1, -0.05) is 31.0 Å². The van der Waals surface area contributed by atoms with Crippen LogP contribution in [0.4, 0.5) is 4.79 Å². The molecular formula is C22H30N4O3. The first-order valence-electron chi connectivity index (χ1n) is 10.1. The van der Waals surface area contributed by atoms with Crippen LogP contribution in [-0.4, -0.2) is 37.8 Å². The summed E-state index contributed by atoms with van der Waals surface area (Å²) in [7, 11) is 0. The maximum Gasteiger partial charge on any atom is 0.407 e. The molecule has 1 fully saturated rings. The minimum absolute atomic E-state index is 0.278. The molecule has 1 aliphatic rings. The van der Waals surface area contributed by atoms with Crippen molar-refractivity contribution < 1.29 is 14.6 Å². The number of nitrogens with one attached hydrogen (secondary N) is 2. The van der Waals surface area contributed by atoms with Crippen molar-refractivity contribution >= 4 is 28.0 Å². The van der Waals surface area contributed by atoms with Crippen LogP contribution in [0.2, 0.25) is 0 Å². The van der Waals surface area contributed by atoms with Gasteiger partial charge in [-0.15, -0.1) is 0 Å². The Hall–Kier alpha value is -2.67. The Morgan fingerprint density at radius 1 is 1.28 bits per heavy atom. The van der Waals surface area contributed by atoms with Gasteiger partial charge in [0.1, 0.15) is 17.5 Å². The Morgan fingerprint density at radius 2 is 1.97 bits per heavy atom. The fourth-order valence-electron chi connectivity index (χ4n) is 3.37. The number of hydrogen-bond donors (Lipinski definition) is 3. The molecule has 1 aromatic carbocycles. The van der Waals surface area contributed by atoms with Gasteiger partial charge in [-0.25, -0.2) is 9.78 Å². The Bertz CT molecular complexity index is 969. The minimum atomic E-state index is -0.592. The molecular weight excluding hydrogens is 368 g/mol. The van der Waals surface area contributed by atoms with Crippen LogP contribution in [0.5, 0.6) is 0 Å². The van der Waals surface area contributed by atoms with Crippen LogP contribution in [-0.2, 0) is 4.74 Å². The number of carbonyl (C=O) groups is 1. The van der Waals surface area contributed by atoms with E-state index in [0.29, 0.717) is 11.9 Å². The molecule has 2 heterocycles. The van der Waals surface area contributed by atoms with Gasteiger partial charge in [0.2, 0.25) is 0 Å². The van der Waals surface area contributed by atoms with E-state index in [2.05, 4.69) is 20.3 Å². The van der Waals surface area contributed by atoms with E-state index in [1.165, 1.54) is 12.8 Å². The van der Waals surface area contributed by atoms with E-state index in [1.54, 1.807) is 13.1 Å². The molecule has 1 unspecified atom stereocenters. The van der Waals surface area contributed by atoms with Crippen LogP contribution >= 0.6 is 0 Å². The average molecular weight is 399 g/mol. The fourth-order valence-corrected chi connectivity index (χ4v) is 3.37. The molecule has 0 bridgehead atoms. The number of alkyl carbamates (subject to hydrolysis) is 1. The maximum atomic E-state index is 11.3. The molecule has 0 aliphatic heterocycles. The standard InChI is InChI=1S/C12H11N3O.C10H19NO2/c1-7(16)12-14-10-6-13-9-5-3-2-4-8(9)11(10)15-12;1-10(2,3)13-9(12)11-8-6-4-5-7-8/h2-7,16H,1H3,(H,14,15);8H,4-7H2,1-3H3,(H,11,12). The summed E-state index contributed by atoms with van der Waals surface area (Å²) in [5.41, 5.74) is 2.25. The van der Waals surface area contributed by atoms with E-state index >= 15 is 0 Å². The molecule has 3 aromatic rings. The Morgan fingerprint density at radius 3 is 2.62 bits per heavy atom. The lowest BCUT2D eigenvalue weighted by Gasteiger charge is -2.21. The summed E-state index contributed by atoms with van der Waals surface area (Å²) in [6.45, 7) is 7.32. The van der Waals surface area contributed by atoms with Gasteiger partial charge < -0.3 is 20.1 Å². The molecule has 7 heteroatoms. The van der Waals surface area contributed by atoms with Crippen LogP contribution < -0.4 is 5.32 Å². The Kier molecular flexibility index (Phi) is 6.37. The van der Waals surface area contributed by atoms with Gasteiger partial charge in [-0.2, -0.15) is 0 Å². The average Bonchev–Trinajstić information content (AvgIpc) is 3.30. The molecule has 1 amide bonds. The van der Waals surface area contributed by atoms with Crippen LogP contribution in [0, 0.1) is 0 Å². The highest BCUT2D eigenvalue weighted by Crippen LogP contribution is 2.23. The zero-order chi connectivity index (χ0) is 21.0. The second-order valence-electron chi connectivity index (χ2n) is 8.46. The lowest BCUT2D eigenvalue weighted by molar-refractivity contribution is 0.0505. The summed E-state index contributed by atoms with van der Waals surface area (Å²) < 4.78 is 5.15. The van der Waals surface area contributed by atoms with Crippen molar-refractivity contribution in [3.05, 3.63) is 36.3 Å². The molecule has 0 radical (unpaired) electrons. The van der Waals surface area contributed by atoms with Crippen LogP contribution in [0.25, 0.3) is 21.9 Å². The number of aromatic amines is 1. The van der Waals surface area contributed by atoms with E-state index in [9.17, 15) is 9.90 Å². The number of fused-ring (bicyclic) bond motifs is 3. The third-order valence-electron chi connectivity index (χ3n) is 4.71. The molecule has 0 spiro atoms. The summed E-state index contributed by atoms with van der Waals surface area (Å²) in [6.07, 6.45) is 5.52. The summed E-state index contributed by atoms with van der Waals surface area (Å²) in [5, 5.41) is 13.4. The second-order valence-corrected chi connectivity index (χ2v) is 8.46. The number of hydrogen-bond acceptors (Lipinski definition) is 5. The Balaban J connectivity index is 0.000000170. The van der Waals surface area contributed by atoms with Crippen molar-refractivity contribution in [2.75, 3.05) is 0 Å². The van der Waals surface area contributed by atoms with Crippen LogP contribution in [0.3, 0.4) is 0 Å². The number of aliphatic hydroxyl groups excluding tert-OH is 1. The van der Waals surface area contributed by atoms with E-state index in [0.717, 1.165) is 34.8 Å². The lowest BCUT2D eigenvalue weighted by Crippen LogP contribution is -2.37. The zero-order valence-corrected chi connectivity index (χ0v) is 17.5. The summed E-state index contributed by atoms with van der Waals surface area (Å²) in [4.78, 5) is 23.1. The van der Waals surface area contributed by atoms with E-state index in [-0.39, 0.29) is 11.7 Å². The molecule has 3 N–H and O–H groups in total. The zero-order valence-electron chi connectivity index (χ0n) is 17.5. The molecule has 1 aliphatic carbocycles. The number of imidazole rings is 1. The number of rotatable bonds is 2. The topological polar surface area (TPSA) is 100 Å². The van der Waals surface area contributed by atoms with Gasteiger partial charge >= 0.3 is 6.09 Å². The van der Waals surface area contributed by atoms with Crippen molar-refractivity contribution in [1.29, 1.82) is 0 Å². The molecule has 7 nitrogen and oxygen atoms in total. The number of ether oxygens (including phenoxy) is 1. The van der Waals surface area contributed by atoms with Crippen LogP contribution in [0.15, 0.2) is 30.5 Å². The first-order valence-corrected chi connectivity index (χ1v) is 10.1. The van der Waals surface area contributed by atoms with Crippen molar-refractivity contribution in [2.24, 2.45) is 0 Å². The number of benzene rings is 1. The van der Waals surface area contributed by atoms with Crippen molar-refractivity contribution in [3.63, 3.8) is 0 Å². The number of nitrogens with zero attached hydrogens (tertiary/aromatic N) is 2. The predicted octanol–water partition coefficient (Wildman–Crippen LogP) is 4.62. The largest absolute Gasteiger partial charge is 0.444 e. The first-order chi connectivity index (χ1) is 13.7. The van der Waals surface area contributed by atoms with E-state index in [4.69, 9.17) is 4.74 Å². The number of amides is 1. The fraction of sp³-hybridized carbons (Fsp3) is 0.500. The molecule has 4 rings (SSSR count). The van der Waals surface area contributed by atoms with Crippen molar-refractivity contribution in [1.82, 2.24) is 20.3 Å². The number of H-pyrrole nitrogens is 1. The number of carbonyl (C=O) groups excluding carboxylic acids is 1. The molecule has 29 heavy (non-hydrogen) atoms. The van der Waals surface area contributed by atoms with Gasteiger partial charge in [0, 0.05) is 11.4 Å². The quantitative estimate of drug-likeness (QED) is 0.585. The third-order valence-corrected chi connectivity index (χ3v) is 4.71. The maximum absolute atomic E-state index is 11.3. The van der Waals surface area contributed by atoms with E-state index in [1.807, 2.05) is 45.0 Å². The SMILES string of the molecule is CC(C)(C)OC(=O)NC1CCCC1.CC(O)c1nc2c(cnc3ccccc32)[nH]1. The van der Waals surface area contributed by atoms with Crippen LogP contribution in [0.1, 0.15) is 65.3 Å². The predicted molar refractivity (Wildman–Crippen MR) is 114 cm³/mol. The lowest BCUT2D eigenvalue weighted by atomic mass is 10.2. The van der Waals surface area contributed by atoms with Crippen molar-refractivity contribution in [3.8, 4) is 0 Å². The highest BCUT2D eigenvalue weighted by molar-refractivity contribution is 6.01. The highest BCUT2D eigenvalue weighted by Gasteiger charge is 2.21. The summed E-state index contributed by atoms with van der Waals surface area (Å²) >= 11 is 0. The van der Waals surface area contributed by atoms with Gasteiger partial charge in [-0.3, -0.25) is 4.98 Å². The summed E-state index contributed by atoms with van der Waals surface area (Å²) in [5.74, 6) is 0.577. The van der Waals surface area contributed by atoms with Gasteiger partial charge in [-0.05, 0) is 46.6 Å². The minimum Gasteiger partial charge on any atom is -0.444 e.